The second-order valence-corrected chi connectivity index (χ2v) is 7.02. The number of rotatable bonds is 6. The summed E-state index contributed by atoms with van der Waals surface area (Å²) >= 11 is 0. The molecule has 10 heteroatoms. The van der Waals surface area contributed by atoms with E-state index in [1.54, 1.807) is 27.9 Å². The zero-order valence-electron chi connectivity index (χ0n) is 15.6. The third-order valence-electron chi connectivity index (χ3n) is 3.94. The van der Waals surface area contributed by atoms with Gasteiger partial charge in [0.05, 0.1) is 0 Å². The Labute approximate surface area is 158 Å². The maximum Gasteiger partial charge on any atom is 0.573 e. The van der Waals surface area contributed by atoms with Gasteiger partial charge in [0, 0.05) is 32.6 Å². The van der Waals surface area contributed by atoms with Gasteiger partial charge in [0.1, 0.15) is 17.3 Å². The van der Waals surface area contributed by atoms with Gasteiger partial charge in [-0.15, -0.1) is 13.2 Å². The van der Waals surface area contributed by atoms with Crippen molar-refractivity contribution in [3.8, 4) is 5.75 Å². The van der Waals surface area contributed by atoms with Crippen molar-refractivity contribution >= 4 is 11.7 Å². The second-order valence-electron chi connectivity index (χ2n) is 7.02. The molecule has 0 aliphatic heterocycles. The van der Waals surface area contributed by atoms with Gasteiger partial charge >= 0.3 is 6.36 Å². The number of Topliss-reactive ketones (excluding diaryl/α,β-unsaturated/α-hetero) is 1. The molecule has 1 aromatic heterocycles. The van der Waals surface area contributed by atoms with E-state index in [4.69, 9.17) is 0 Å². The van der Waals surface area contributed by atoms with E-state index in [2.05, 4.69) is 14.7 Å². The normalized spacial score (nSPS) is 12.0. The van der Waals surface area contributed by atoms with E-state index in [0.29, 0.717) is 6.07 Å². The van der Waals surface area contributed by atoms with Crippen LogP contribution in [0, 0.1) is 5.82 Å². The molecule has 0 amide bonds. The first-order valence-corrected chi connectivity index (χ1v) is 8.16. The Kier molecular flexibility index (Phi) is 5.81. The molecule has 0 aliphatic rings. The molecule has 0 unspecified atom stereocenters. The van der Waals surface area contributed by atoms with E-state index in [1.807, 2.05) is 0 Å². The lowest BCUT2D eigenvalue weighted by Gasteiger charge is -2.25. The van der Waals surface area contributed by atoms with Crippen LogP contribution < -0.4 is 15.2 Å². The number of nitrogens with zero attached hydrogens (tertiary/aromatic N) is 2. The van der Waals surface area contributed by atoms with Gasteiger partial charge in [0.2, 0.25) is 5.95 Å². The predicted molar refractivity (Wildman–Crippen MR) is 94.2 cm³/mol. The summed E-state index contributed by atoms with van der Waals surface area (Å²) in [5, 5.41) is 0. The first-order chi connectivity index (χ1) is 12.8. The van der Waals surface area contributed by atoms with Gasteiger partial charge in [0.15, 0.2) is 5.78 Å². The number of carbonyl (C=O) groups is 1. The summed E-state index contributed by atoms with van der Waals surface area (Å²) in [5.41, 5.74) is -1.63. The summed E-state index contributed by atoms with van der Waals surface area (Å²) in [5.74, 6) is -1.95. The zero-order valence-corrected chi connectivity index (χ0v) is 15.6. The van der Waals surface area contributed by atoms with Crippen molar-refractivity contribution in [2.45, 2.75) is 32.0 Å². The third kappa shape index (κ3) is 5.30. The lowest BCUT2D eigenvalue weighted by atomic mass is 9.79. The predicted octanol–water partition coefficient (Wildman–Crippen LogP) is 3.42. The molecule has 0 saturated carbocycles. The van der Waals surface area contributed by atoms with Crippen LogP contribution in [0.2, 0.25) is 0 Å². The number of benzene rings is 1. The molecule has 28 heavy (non-hydrogen) atoms. The molecular formula is C18H19F4N3O3. The Hall–Kier alpha value is -2.91. The summed E-state index contributed by atoms with van der Waals surface area (Å²) in [7, 11) is 3.27. The van der Waals surface area contributed by atoms with Crippen LogP contribution >= 0.6 is 0 Å². The van der Waals surface area contributed by atoms with Crippen molar-refractivity contribution in [3.63, 3.8) is 0 Å². The van der Waals surface area contributed by atoms with Gasteiger partial charge in [-0.2, -0.15) is 0 Å². The van der Waals surface area contributed by atoms with Crippen LogP contribution in [-0.2, 0) is 5.41 Å². The SMILES string of the molecule is CN(C)c1nc(C(=O)CC(C)(C)c2ccc(OC(F)(F)F)cc2F)cc(=O)[nH]1. The molecule has 152 valence electrons. The van der Waals surface area contributed by atoms with E-state index in [-0.39, 0.29) is 23.6 Å². The van der Waals surface area contributed by atoms with Crippen molar-refractivity contribution < 1.29 is 27.1 Å². The highest BCUT2D eigenvalue weighted by Crippen LogP contribution is 2.33. The van der Waals surface area contributed by atoms with Crippen LogP contribution in [0.3, 0.4) is 0 Å². The number of ether oxygens (including phenoxy) is 1. The maximum atomic E-state index is 14.4. The first kappa shape index (κ1) is 21.4. The van der Waals surface area contributed by atoms with E-state index < -0.39 is 34.7 Å². The molecule has 0 saturated heterocycles. The van der Waals surface area contributed by atoms with Crippen molar-refractivity contribution in [2.75, 3.05) is 19.0 Å². The molecule has 1 N–H and O–H groups in total. The molecule has 0 radical (unpaired) electrons. The fourth-order valence-corrected chi connectivity index (χ4v) is 2.63. The summed E-state index contributed by atoms with van der Waals surface area (Å²) in [6.07, 6.45) is -5.15. The molecule has 0 spiro atoms. The van der Waals surface area contributed by atoms with Crippen molar-refractivity contribution in [1.29, 1.82) is 0 Å². The topological polar surface area (TPSA) is 75.3 Å². The van der Waals surface area contributed by atoms with Gasteiger partial charge in [-0.05, 0) is 17.0 Å². The minimum Gasteiger partial charge on any atom is -0.406 e. The number of aromatic amines is 1. The lowest BCUT2D eigenvalue weighted by Crippen LogP contribution is -2.26. The van der Waals surface area contributed by atoms with Gasteiger partial charge in [-0.1, -0.05) is 19.9 Å². The number of hydrogen-bond acceptors (Lipinski definition) is 5. The fraction of sp³-hybridized carbons (Fsp3) is 0.389. The van der Waals surface area contributed by atoms with Gasteiger partial charge in [0.25, 0.3) is 5.56 Å². The number of alkyl halides is 3. The van der Waals surface area contributed by atoms with Gasteiger partial charge in [-0.3, -0.25) is 14.6 Å². The van der Waals surface area contributed by atoms with E-state index in [9.17, 15) is 27.2 Å². The summed E-state index contributed by atoms with van der Waals surface area (Å²) in [6, 6.07) is 3.78. The summed E-state index contributed by atoms with van der Waals surface area (Å²) in [6.45, 7) is 3.13. The molecule has 2 aromatic rings. The number of H-pyrrole nitrogens is 1. The zero-order chi connectivity index (χ0) is 21.3. The number of ketones is 1. The second kappa shape index (κ2) is 7.61. The third-order valence-corrected chi connectivity index (χ3v) is 3.94. The Morgan fingerprint density at radius 2 is 1.86 bits per heavy atom. The number of halogens is 4. The molecule has 0 aliphatic carbocycles. The summed E-state index contributed by atoms with van der Waals surface area (Å²) in [4.78, 5) is 32.4. The highest BCUT2D eigenvalue weighted by atomic mass is 19.4. The summed E-state index contributed by atoms with van der Waals surface area (Å²) < 4.78 is 54.8. The van der Waals surface area contributed by atoms with Crippen LogP contribution in [0.1, 0.15) is 36.3 Å². The molecule has 0 bridgehead atoms. The molecule has 2 rings (SSSR count). The van der Waals surface area contributed by atoms with Crippen molar-refractivity contribution in [1.82, 2.24) is 9.97 Å². The molecule has 1 heterocycles. The lowest BCUT2D eigenvalue weighted by molar-refractivity contribution is -0.274. The molecule has 0 fully saturated rings. The smallest absolute Gasteiger partial charge is 0.406 e. The van der Waals surface area contributed by atoms with Crippen LogP contribution in [0.5, 0.6) is 5.75 Å². The molecule has 0 atom stereocenters. The minimum absolute atomic E-state index is 0.0352. The Balaban J connectivity index is 2.28. The number of aromatic nitrogens is 2. The highest BCUT2D eigenvalue weighted by Gasteiger charge is 2.33. The number of carbonyl (C=O) groups excluding carboxylic acids is 1. The average molecular weight is 401 g/mol. The highest BCUT2D eigenvalue weighted by molar-refractivity contribution is 5.95. The van der Waals surface area contributed by atoms with E-state index in [1.165, 1.54) is 4.90 Å². The Bertz CT molecular complexity index is 936. The van der Waals surface area contributed by atoms with Crippen LogP contribution in [-0.4, -0.2) is 36.2 Å². The van der Waals surface area contributed by atoms with Crippen molar-refractivity contribution in [2.24, 2.45) is 0 Å². The van der Waals surface area contributed by atoms with Gasteiger partial charge in [-0.25, -0.2) is 9.37 Å². The quantitative estimate of drug-likeness (QED) is 0.593. The monoisotopic (exact) mass is 401 g/mol. The maximum absolute atomic E-state index is 14.4. The standard InChI is InChI=1S/C18H19F4N3O3/c1-17(2,11-6-5-10(7-12(11)19)28-18(20,21)22)9-14(26)13-8-15(27)24-16(23-13)25(3)4/h5-8H,9H2,1-4H3,(H,23,24,27). The van der Waals surface area contributed by atoms with Crippen LogP contribution in [0.4, 0.5) is 23.5 Å². The molecule has 6 nitrogen and oxygen atoms in total. The minimum atomic E-state index is -4.93. The average Bonchev–Trinajstić information content (AvgIpc) is 2.51. The van der Waals surface area contributed by atoms with E-state index >= 15 is 0 Å². The van der Waals surface area contributed by atoms with Gasteiger partial charge < -0.3 is 9.64 Å². The van der Waals surface area contributed by atoms with E-state index in [0.717, 1.165) is 18.2 Å². The van der Waals surface area contributed by atoms with Crippen LogP contribution in [0.25, 0.3) is 0 Å². The van der Waals surface area contributed by atoms with Crippen LogP contribution in [0.15, 0.2) is 29.1 Å². The number of hydrogen-bond donors (Lipinski definition) is 1. The Morgan fingerprint density at radius 1 is 1.21 bits per heavy atom. The molecule has 1 aromatic carbocycles. The fourth-order valence-electron chi connectivity index (χ4n) is 2.63. The Morgan fingerprint density at radius 3 is 2.39 bits per heavy atom. The largest absolute Gasteiger partial charge is 0.573 e. The van der Waals surface area contributed by atoms with Crippen molar-refractivity contribution in [3.05, 3.63) is 51.7 Å². The number of nitrogens with one attached hydrogen (secondary N) is 1. The number of anilines is 1. The first-order valence-electron chi connectivity index (χ1n) is 8.16. The molecular weight excluding hydrogens is 382 g/mol.